The molecule has 154 valence electrons. The monoisotopic (exact) mass is 424 g/mol. The number of likely N-dealkylation sites (tertiary alicyclic amines) is 1. The van der Waals surface area contributed by atoms with Crippen molar-refractivity contribution >= 4 is 34.9 Å². The molecule has 1 aromatic carbocycles. The van der Waals surface area contributed by atoms with Crippen molar-refractivity contribution in [1.82, 2.24) is 15.1 Å². The van der Waals surface area contributed by atoms with Gasteiger partial charge in [-0.05, 0) is 56.8 Å². The third-order valence-corrected chi connectivity index (χ3v) is 7.31. The van der Waals surface area contributed by atoms with E-state index >= 15 is 0 Å². The van der Waals surface area contributed by atoms with Crippen molar-refractivity contribution in [1.29, 1.82) is 0 Å². The molecule has 5 nitrogen and oxygen atoms in total. The van der Waals surface area contributed by atoms with Gasteiger partial charge in [-0.25, -0.2) is 4.79 Å². The minimum Gasteiger partial charge on any atom is -0.369 e. The highest BCUT2D eigenvalue weighted by Gasteiger charge is 2.40. The number of halogens is 2. The van der Waals surface area contributed by atoms with Crippen molar-refractivity contribution in [2.75, 3.05) is 37.6 Å². The van der Waals surface area contributed by atoms with Crippen LogP contribution in [0.1, 0.15) is 39.0 Å². The van der Waals surface area contributed by atoms with Crippen molar-refractivity contribution in [2.24, 2.45) is 0 Å². The van der Waals surface area contributed by atoms with Gasteiger partial charge in [-0.15, -0.1) is 0 Å². The molecular formula is C21H30Cl2N4O. The Labute approximate surface area is 177 Å². The van der Waals surface area contributed by atoms with E-state index in [4.69, 9.17) is 23.2 Å². The molecule has 3 unspecified atom stereocenters. The van der Waals surface area contributed by atoms with Crippen LogP contribution >= 0.6 is 23.2 Å². The van der Waals surface area contributed by atoms with Gasteiger partial charge in [0.05, 0.1) is 10.0 Å². The van der Waals surface area contributed by atoms with Crippen molar-refractivity contribution < 1.29 is 4.79 Å². The topological polar surface area (TPSA) is 38.8 Å². The highest BCUT2D eigenvalue weighted by Crippen LogP contribution is 2.31. The van der Waals surface area contributed by atoms with E-state index in [1.165, 1.54) is 0 Å². The summed E-state index contributed by atoms with van der Waals surface area (Å²) in [6, 6.07) is 6.83. The van der Waals surface area contributed by atoms with Crippen LogP contribution in [0.25, 0.3) is 0 Å². The number of nitrogens with one attached hydrogen (secondary N) is 1. The molecule has 3 saturated heterocycles. The van der Waals surface area contributed by atoms with Crippen molar-refractivity contribution in [3.63, 3.8) is 0 Å². The van der Waals surface area contributed by atoms with Gasteiger partial charge in [-0.2, -0.15) is 0 Å². The van der Waals surface area contributed by atoms with Gasteiger partial charge in [0, 0.05) is 50.0 Å². The van der Waals surface area contributed by atoms with Gasteiger partial charge >= 0.3 is 6.03 Å². The molecule has 7 heteroatoms. The summed E-state index contributed by atoms with van der Waals surface area (Å²) in [6.45, 7) is 7.19. The zero-order chi connectivity index (χ0) is 19.7. The second-order valence-electron chi connectivity index (χ2n) is 8.31. The summed E-state index contributed by atoms with van der Waals surface area (Å²) < 4.78 is 0. The number of rotatable bonds is 3. The fourth-order valence-electron chi connectivity index (χ4n) is 5.02. The molecule has 3 aliphatic heterocycles. The normalized spacial score (nSPS) is 28.3. The number of hydrogen-bond acceptors (Lipinski definition) is 3. The number of likely N-dealkylation sites (N-methyl/N-ethyl adjacent to an activating group) is 1. The summed E-state index contributed by atoms with van der Waals surface area (Å²) in [5.41, 5.74) is 1.07. The predicted molar refractivity (Wildman–Crippen MR) is 116 cm³/mol. The molecular weight excluding hydrogens is 395 g/mol. The standard InChI is InChI=1S/C21H30Cl2N4O/c1-2-25-11-9-16-5-6-18(14-25)27(16)21(28)24-15-4-3-10-26(13-15)17-7-8-19(22)20(23)12-17/h7-8,12,15-16,18H,2-6,9-11,13-14H2,1H3,(H,24,28). The van der Waals surface area contributed by atoms with E-state index in [0.717, 1.165) is 70.5 Å². The van der Waals surface area contributed by atoms with Gasteiger partial charge in [0.15, 0.2) is 0 Å². The fourth-order valence-corrected chi connectivity index (χ4v) is 5.32. The van der Waals surface area contributed by atoms with Gasteiger partial charge < -0.3 is 20.0 Å². The molecule has 2 bridgehead atoms. The van der Waals surface area contributed by atoms with E-state index in [0.29, 0.717) is 22.1 Å². The van der Waals surface area contributed by atoms with E-state index in [1.807, 2.05) is 18.2 Å². The molecule has 3 heterocycles. The number of urea groups is 1. The summed E-state index contributed by atoms with van der Waals surface area (Å²) in [4.78, 5) is 20.1. The average molecular weight is 425 g/mol. The van der Waals surface area contributed by atoms with E-state index in [9.17, 15) is 4.79 Å². The minimum absolute atomic E-state index is 0.131. The third-order valence-electron chi connectivity index (χ3n) is 6.57. The van der Waals surface area contributed by atoms with Crippen LogP contribution in [0.2, 0.25) is 10.0 Å². The average Bonchev–Trinajstić information content (AvgIpc) is 2.98. The number of carbonyl (C=O) groups excluding carboxylic acids is 1. The first-order valence-corrected chi connectivity index (χ1v) is 11.3. The number of carbonyl (C=O) groups is 1. The van der Waals surface area contributed by atoms with Crippen LogP contribution in [-0.4, -0.2) is 66.7 Å². The minimum atomic E-state index is 0.131. The number of nitrogens with zero attached hydrogens (tertiary/aromatic N) is 3. The van der Waals surface area contributed by atoms with Gasteiger partial charge in [-0.3, -0.25) is 0 Å². The Kier molecular flexibility index (Phi) is 6.24. The number of anilines is 1. The Balaban J connectivity index is 1.39. The first-order chi connectivity index (χ1) is 13.5. The molecule has 0 radical (unpaired) electrons. The fraction of sp³-hybridized carbons (Fsp3) is 0.667. The molecule has 1 aromatic rings. The lowest BCUT2D eigenvalue weighted by molar-refractivity contribution is 0.166. The Hall–Kier alpha value is -1.17. The molecule has 4 rings (SSSR count). The zero-order valence-corrected chi connectivity index (χ0v) is 18.1. The van der Waals surface area contributed by atoms with Crippen LogP contribution in [0.3, 0.4) is 0 Å². The maximum atomic E-state index is 13.2. The molecule has 28 heavy (non-hydrogen) atoms. The molecule has 0 aromatic heterocycles. The smallest absolute Gasteiger partial charge is 0.318 e. The number of hydrogen-bond donors (Lipinski definition) is 1. The van der Waals surface area contributed by atoms with Crippen LogP contribution in [0, 0.1) is 0 Å². The SMILES string of the molecule is CCN1CCC2CCC(C1)N2C(=O)NC1CCCN(c2ccc(Cl)c(Cl)c2)C1. The van der Waals surface area contributed by atoms with Gasteiger partial charge in [-0.1, -0.05) is 30.1 Å². The van der Waals surface area contributed by atoms with Gasteiger partial charge in [0.25, 0.3) is 0 Å². The lowest BCUT2D eigenvalue weighted by Gasteiger charge is -2.37. The first kappa shape index (κ1) is 20.1. The first-order valence-electron chi connectivity index (χ1n) is 10.6. The maximum absolute atomic E-state index is 13.2. The lowest BCUT2D eigenvalue weighted by Crippen LogP contribution is -2.54. The van der Waals surface area contributed by atoms with E-state index in [1.54, 1.807) is 0 Å². The summed E-state index contributed by atoms with van der Waals surface area (Å²) in [7, 11) is 0. The second-order valence-corrected chi connectivity index (χ2v) is 9.12. The molecule has 0 aliphatic carbocycles. The van der Waals surface area contributed by atoms with Crippen LogP contribution in [0.4, 0.5) is 10.5 Å². The van der Waals surface area contributed by atoms with E-state index in [-0.39, 0.29) is 12.1 Å². The van der Waals surface area contributed by atoms with Crippen LogP contribution < -0.4 is 10.2 Å². The Morgan fingerprint density at radius 2 is 1.89 bits per heavy atom. The van der Waals surface area contributed by atoms with E-state index in [2.05, 4.69) is 26.9 Å². The number of fused-ring (bicyclic) bond motifs is 2. The van der Waals surface area contributed by atoms with Crippen molar-refractivity contribution in [3.05, 3.63) is 28.2 Å². The zero-order valence-electron chi connectivity index (χ0n) is 16.5. The van der Waals surface area contributed by atoms with Crippen LogP contribution in [-0.2, 0) is 0 Å². The van der Waals surface area contributed by atoms with Gasteiger partial charge in [0.1, 0.15) is 0 Å². The quantitative estimate of drug-likeness (QED) is 0.788. The largest absolute Gasteiger partial charge is 0.369 e. The molecule has 0 spiro atoms. The summed E-state index contributed by atoms with van der Waals surface area (Å²) in [6.07, 6.45) is 5.46. The Morgan fingerprint density at radius 1 is 1.07 bits per heavy atom. The highest BCUT2D eigenvalue weighted by molar-refractivity contribution is 6.42. The lowest BCUT2D eigenvalue weighted by atomic mass is 10.0. The molecule has 3 atom stereocenters. The Morgan fingerprint density at radius 3 is 2.68 bits per heavy atom. The summed E-state index contributed by atoms with van der Waals surface area (Å²) >= 11 is 12.2. The van der Waals surface area contributed by atoms with E-state index < -0.39 is 0 Å². The molecule has 3 fully saturated rings. The number of amides is 2. The predicted octanol–water partition coefficient (Wildman–Crippen LogP) is 4.23. The van der Waals surface area contributed by atoms with Crippen LogP contribution in [0.15, 0.2) is 18.2 Å². The third kappa shape index (κ3) is 4.22. The number of piperidine rings is 1. The summed E-state index contributed by atoms with van der Waals surface area (Å²) in [5.74, 6) is 0. The van der Waals surface area contributed by atoms with Crippen molar-refractivity contribution in [2.45, 2.75) is 57.2 Å². The maximum Gasteiger partial charge on any atom is 0.318 e. The molecule has 0 saturated carbocycles. The molecule has 1 N–H and O–H groups in total. The number of benzene rings is 1. The molecule has 3 aliphatic rings. The molecule has 2 amide bonds. The Bertz CT molecular complexity index is 716. The second kappa shape index (κ2) is 8.68. The van der Waals surface area contributed by atoms with Gasteiger partial charge in [0.2, 0.25) is 0 Å². The summed E-state index contributed by atoms with van der Waals surface area (Å²) in [5, 5.41) is 4.49. The van der Waals surface area contributed by atoms with Crippen LogP contribution in [0.5, 0.6) is 0 Å². The highest BCUT2D eigenvalue weighted by atomic mass is 35.5. The van der Waals surface area contributed by atoms with Crippen molar-refractivity contribution in [3.8, 4) is 0 Å².